The molecule has 0 saturated heterocycles. The number of anilines is 1. The average Bonchev–Trinajstić information content (AvgIpc) is 3.26. The minimum absolute atomic E-state index is 0.136. The topological polar surface area (TPSA) is 81.3 Å². The van der Waals surface area contributed by atoms with Crippen molar-refractivity contribution >= 4 is 38.8 Å². The number of benzene rings is 1. The molecule has 160 valence electrons. The fourth-order valence-electron chi connectivity index (χ4n) is 4.48. The molecule has 1 atom stereocenters. The first kappa shape index (κ1) is 19.9. The maximum absolute atomic E-state index is 12.9. The minimum atomic E-state index is -0.343. The molecule has 3 heterocycles. The van der Waals surface area contributed by atoms with E-state index in [0.717, 1.165) is 52.7 Å². The number of carbonyl (C=O) groups is 1. The van der Waals surface area contributed by atoms with Crippen molar-refractivity contribution in [3.63, 3.8) is 0 Å². The van der Waals surface area contributed by atoms with E-state index in [1.165, 1.54) is 25.9 Å². The molecule has 0 aliphatic heterocycles. The Hall–Kier alpha value is -3.00. The third-order valence-corrected chi connectivity index (χ3v) is 7.34. The van der Waals surface area contributed by atoms with Gasteiger partial charge in [0.25, 0.3) is 0 Å². The van der Waals surface area contributed by atoms with Crippen LogP contribution in [0.5, 0.6) is 0 Å². The molecule has 1 aromatic carbocycles. The number of hydrogen-bond donors (Lipinski definition) is 1. The second-order valence-corrected chi connectivity index (χ2v) is 9.50. The van der Waals surface area contributed by atoms with Crippen LogP contribution in [0.3, 0.4) is 0 Å². The summed E-state index contributed by atoms with van der Waals surface area (Å²) < 4.78 is 2.71. The lowest BCUT2D eigenvalue weighted by atomic mass is 9.89. The first-order valence-corrected chi connectivity index (χ1v) is 11.5. The van der Waals surface area contributed by atoms with Crippen molar-refractivity contribution in [3.8, 4) is 0 Å². The molecule has 8 heteroatoms. The number of thiophene rings is 1. The van der Waals surface area contributed by atoms with Crippen molar-refractivity contribution in [2.75, 3.05) is 5.32 Å². The van der Waals surface area contributed by atoms with Gasteiger partial charge in [0.05, 0.1) is 5.39 Å². The molecule has 1 aliphatic carbocycles. The number of fused-ring (bicyclic) bond motifs is 5. The van der Waals surface area contributed by atoms with Crippen molar-refractivity contribution in [2.24, 2.45) is 5.92 Å². The van der Waals surface area contributed by atoms with Gasteiger partial charge in [-0.05, 0) is 55.2 Å². The molecular weight excluding hydrogens is 410 g/mol. The maximum Gasteiger partial charge on any atom is 0.352 e. The van der Waals surface area contributed by atoms with Gasteiger partial charge in [0, 0.05) is 10.6 Å². The summed E-state index contributed by atoms with van der Waals surface area (Å²) in [5.41, 5.74) is 4.41. The van der Waals surface area contributed by atoms with E-state index < -0.39 is 0 Å². The molecule has 0 radical (unpaired) electrons. The summed E-state index contributed by atoms with van der Waals surface area (Å²) in [6, 6.07) is 5.95. The van der Waals surface area contributed by atoms with E-state index >= 15 is 0 Å². The molecule has 1 unspecified atom stereocenters. The molecule has 31 heavy (non-hydrogen) atoms. The lowest BCUT2D eigenvalue weighted by Gasteiger charge is -2.17. The normalized spacial score (nSPS) is 16.0. The van der Waals surface area contributed by atoms with Crippen LogP contribution in [-0.2, 0) is 30.6 Å². The van der Waals surface area contributed by atoms with E-state index in [1.54, 1.807) is 11.3 Å². The van der Waals surface area contributed by atoms with E-state index in [4.69, 9.17) is 0 Å². The molecule has 0 saturated carbocycles. The Morgan fingerprint density at radius 3 is 3.00 bits per heavy atom. The highest BCUT2D eigenvalue weighted by Crippen LogP contribution is 2.38. The smallest absolute Gasteiger partial charge is 0.324 e. The second-order valence-electron chi connectivity index (χ2n) is 8.42. The Kier molecular flexibility index (Phi) is 4.89. The number of nitrogens with one attached hydrogen (secondary N) is 1. The molecule has 1 aliphatic rings. The molecule has 0 spiro atoms. The molecule has 4 aromatic rings. The Balaban J connectivity index is 1.51. The molecule has 3 aromatic heterocycles. The second kappa shape index (κ2) is 7.60. The zero-order valence-electron chi connectivity index (χ0n) is 17.9. The van der Waals surface area contributed by atoms with Gasteiger partial charge in [-0.15, -0.1) is 16.4 Å². The zero-order chi connectivity index (χ0) is 21.7. The van der Waals surface area contributed by atoms with Crippen LogP contribution in [0.25, 0.3) is 15.9 Å². The van der Waals surface area contributed by atoms with Gasteiger partial charge in [0.1, 0.15) is 17.7 Å². The number of nitrogens with zero attached hydrogens (tertiary/aromatic N) is 4. The number of aromatic nitrogens is 4. The van der Waals surface area contributed by atoms with Crippen LogP contribution in [0.1, 0.15) is 41.8 Å². The lowest BCUT2D eigenvalue weighted by Crippen LogP contribution is -2.28. The van der Waals surface area contributed by atoms with Gasteiger partial charge < -0.3 is 5.32 Å². The van der Waals surface area contributed by atoms with Gasteiger partial charge >= 0.3 is 5.69 Å². The summed E-state index contributed by atoms with van der Waals surface area (Å²) in [6.07, 6.45) is 5.50. The summed E-state index contributed by atoms with van der Waals surface area (Å²) in [5.74, 6) is 0.398. The Bertz CT molecular complexity index is 1380. The number of hydrogen-bond acceptors (Lipinski definition) is 5. The quantitative estimate of drug-likeness (QED) is 0.529. The molecule has 5 rings (SSSR count). The number of rotatable bonds is 4. The number of aryl methyl sites for hydroxylation is 3. The van der Waals surface area contributed by atoms with E-state index in [2.05, 4.69) is 29.2 Å². The van der Waals surface area contributed by atoms with Crippen molar-refractivity contribution in [1.82, 2.24) is 19.2 Å². The first-order valence-electron chi connectivity index (χ1n) is 10.7. The molecule has 1 amide bonds. The summed E-state index contributed by atoms with van der Waals surface area (Å²) in [4.78, 5) is 32.5. The fraction of sp³-hybridized carbons (Fsp3) is 0.391. The van der Waals surface area contributed by atoms with Crippen LogP contribution >= 0.6 is 11.3 Å². The van der Waals surface area contributed by atoms with Gasteiger partial charge in [-0.2, -0.15) is 0 Å². The van der Waals surface area contributed by atoms with Crippen molar-refractivity contribution in [1.29, 1.82) is 0 Å². The van der Waals surface area contributed by atoms with E-state index in [-0.39, 0.29) is 18.1 Å². The molecule has 0 fully saturated rings. The van der Waals surface area contributed by atoms with E-state index in [9.17, 15) is 9.59 Å². The molecular formula is C23H25N5O2S. The highest BCUT2D eigenvalue weighted by Gasteiger charge is 2.24. The molecule has 0 bridgehead atoms. The number of amides is 1. The van der Waals surface area contributed by atoms with E-state index in [1.807, 2.05) is 25.1 Å². The van der Waals surface area contributed by atoms with Crippen LogP contribution in [0.2, 0.25) is 0 Å². The standard InChI is InChI=1S/C23H25N5O2S/c1-4-15-7-5-6-14(3)20(15)25-18(29)11-28-23(30)27-12-24-22-19(21(27)26-28)16-9-8-13(2)10-17(16)31-22/h5-7,12-13H,4,8-11H2,1-3H3,(H,25,29). The van der Waals surface area contributed by atoms with Gasteiger partial charge in [-0.1, -0.05) is 32.0 Å². The predicted octanol–water partition coefficient (Wildman–Crippen LogP) is 3.74. The highest BCUT2D eigenvalue weighted by atomic mass is 32.1. The molecule has 1 N–H and O–H groups in total. The lowest BCUT2D eigenvalue weighted by molar-refractivity contribution is -0.117. The van der Waals surface area contributed by atoms with Crippen LogP contribution in [0.4, 0.5) is 5.69 Å². The third-order valence-electron chi connectivity index (χ3n) is 6.18. The van der Waals surface area contributed by atoms with Gasteiger partial charge in [-0.25, -0.2) is 18.9 Å². The number of carbonyl (C=O) groups excluding carboxylic acids is 1. The van der Waals surface area contributed by atoms with Gasteiger partial charge in [-0.3, -0.25) is 4.79 Å². The van der Waals surface area contributed by atoms with Gasteiger partial charge in [0.15, 0.2) is 5.65 Å². The van der Waals surface area contributed by atoms with Crippen molar-refractivity contribution in [3.05, 3.63) is 56.6 Å². The van der Waals surface area contributed by atoms with Crippen LogP contribution in [0.15, 0.2) is 29.3 Å². The SMILES string of the molecule is CCc1cccc(C)c1NC(=O)Cn1nc2c3c4c(sc3ncn2c1=O)CC(C)CC4. The van der Waals surface area contributed by atoms with Crippen LogP contribution < -0.4 is 11.0 Å². The monoisotopic (exact) mass is 435 g/mol. The predicted molar refractivity (Wildman–Crippen MR) is 123 cm³/mol. The Morgan fingerprint density at radius 2 is 2.19 bits per heavy atom. The van der Waals surface area contributed by atoms with Gasteiger partial charge in [0.2, 0.25) is 5.91 Å². The zero-order valence-corrected chi connectivity index (χ0v) is 18.8. The fourth-order valence-corrected chi connectivity index (χ4v) is 5.83. The first-order chi connectivity index (χ1) is 15.0. The maximum atomic E-state index is 12.9. The van der Waals surface area contributed by atoms with Crippen LogP contribution in [0, 0.1) is 12.8 Å². The summed E-state index contributed by atoms with van der Waals surface area (Å²) in [6.45, 7) is 6.15. The van der Waals surface area contributed by atoms with Crippen molar-refractivity contribution in [2.45, 2.75) is 53.0 Å². The Labute approximate surface area is 183 Å². The summed E-state index contributed by atoms with van der Waals surface area (Å²) >= 11 is 1.70. The Morgan fingerprint density at radius 1 is 1.35 bits per heavy atom. The summed E-state index contributed by atoms with van der Waals surface area (Å²) in [5, 5.41) is 8.50. The van der Waals surface area contributed by atoms with Crippen LogP contribution in [-0.4, -0.2) is 25.1 Å². The van der Waals surface area contributed by atoms with Crippen molar-refractivity contribution < 1.29 is 4.79 Å². The molecule has 7 nitrogen and oxygen atoms in total. The average molecular weight is 436 g/mol. The van der Waals surface area contributed by atoms with E-state index in [0.29, 0.717) is 11.6 Å². The minimum Gasteiger partial charge on any atom is -0.324 e. The summed E-state index contributed by atoms with van der Waals surface area (Å²) in [7, 11) is 0. The third kappa shape index (κ3) is 3.35. The number of para-hydroxylation sites is 1. The highest BCUT2D eigenvalue weighted by molar-refractivity contribution is 7.19. The largest absolute Gasteiger partial charge is 0.352 e.